The molecule has 0 aliphatic heterocycles. The molecule has 2 aliphatic rings. The maximum Gasteiger partial charge on any atom is 0.261 e. The highest BCUT2D eigenvalue weighted by Crippen LogP contribution is 2.31. The molecule has 0 unspecified atom stereocenters. The Balaban J connectivity index is 1.52. The number of aliphatic hydroxyl groups excluding tert-OH is 1. The lowest BCUT2D eigenvalue weighted by Crippen LogP contribution is -2.29. The van der Waals surface area contributed by atoms with E-state index in [1.807, 2.05) is 0 Å². The maximum atomic E-state index is 14.7. The molecule has 0 amide bonds. The number of fused-ring (bicyclic) bond motifs is 1. The number of nitrogens with zero attached hydrogens (tertiary/aromatic N) is 1. The van der Waals surface area contributed by atoms with Crippen LogP contribution in [0.1, 0.15) is 57.2 Å². The van der Waals surface area contributed by atoms with Crippen molar-refractivity contribution in [2.75, 3.05) is 12.4 Å². The van der Waals surface area contributed by atoms with Crippen LogP contribution in [-0.4, -0.2) is 45.7 Å². The molecule has 2 fully saturated rings. The Labute approximate surface area is 184 Å². The number of H-pyrrole nitrogens is 1. The summed E-state index contributed by atoms with van der Waals surface area (Å²) in [5.74, 6) is -1.28. The van der Waals surface area contributed by atoms with Gasteiger partial charge in [-0.1, -0.05) is 0 Å². The molecule has 0 bridgehead atoms. The topological polar surface area (TPSA) is 87.2 Å². The van der Waals surface area contributed by atoms with Crippen LogP contribution in [0.5, 0.6) is 0 Å². The fourth-order valence-corrected chi connectivity index (χ4v) is 5.66. The third-order valence-electron chi connectivity index (χ3n) is 6.39. The van der Waals surface area contributed by atoms with Gasteiger partial charge in [0.05, 0.1) is 29.2 Å². The van der Waals surface area contributed by atoms with Gasteiger partial charge >= 0.3 is 0 Å². The number of halogens is 2. The molecular weight excluding hydrogens is 424 g/mol. The van der Waals surface area contributed by atoms with Crippen molar-refractivity contribution in [1.82, 2.24) is 9.97 Å². The summed E-state index contributed by atoms with van der Waals surface area (Å²) in [6, 6.07) is 1.47. The van der Waals surface area contributed by atoms with Crippen molar-refractivity contribution in [2.24, 2.45) is 0 Å². The minimum Gasteiger partial charge on any atom is -0.393 e. The number of rotatable bonds is 6. The van der Waals surface area contributed by atoms with Crippen molar-refractivity contribution in [3.63, 3.8) is 0 Å². The van der Waals surface area contributed by atoms with Crippen molar-refractivity contribution in [3.8, 4) is 0 Å². The summed E-state index contributed by atoms with van der Waals surface area (Å²) in [7, 11) is 1.69. The fraction of sp³-hybridized carbons (Fsp3) is 0.636. The summed E-state index contributed by atoms with van der Waals surface area (Å²) in [4.78, 5) is 19.5. The first kappa shape index (κ1) is 22.5. The van der Waals surface area contributed by atoms with Gasteiger partial charge < -0.3 is 20.1 Å². The van der Waals surface area contributed by atoms with Gasteiger partial charge in [0.15, 0.2) is 11.6 Å². The smallest absolute Gasteiger partial charge is 0.261 e. The number of hydrogen-bond acceptors (Lipinski definition) is 6. The van der Waals surface area contributed by atoms with E-state index in [0.29, 0.717) is 16.8 Å². The molecule has 31 heavy (non-hydrogen) atoms. The molecule has 0 saturated heterocycles. The van der Waals surface area contributed by atoms with Gasteiger partial charge in [-0.3, -0.25) is 4.79 Å². The molecule has 1 aromatic heterocycles. The van der Waals surface area contributed by atoms with E-state index in [0.717, 1.165) is 51.4 Å². The van der Waals surface area contributed by atoms with Gasteiger partial charge in [-0.15, -0.1) is 0 Å². The number of benzene rings is 1. The quantitative estimate of drug-likeness (QED) is 0.610. The highest BCUT2D eigenvalue weighted by atomic mass is 32.2. The van der Waals surface area contributed by atoms with E-state index >= 15 is 0 Å². The highest BCUT2D eigenvalue weighted by molar-refractivity contribution is 7.99. The van der Waals surface area contributed by atoms with E-state index in [9.17, 15) is 18.7 Å². The Morgan fingerprint density at radius 3 is 2.55 bits per heavy atom. The van der Waals surface area contributed by atoms with Gasteiger partial charge in [0, 0.05) is 18.4 Å². The summed E-state index contributed by atoms with van der Waals surface area (Å²) < 4.78 is 34.7. The minimum absolute atomic E-state index is 0.0245. The van der Waals surface area contributed by atoms with Crippen LogP contribution in [-0.2, 0) is 10.5 Å². The van der Waals surface area contributed by atoms with Crippen LogP contribution in [0.25, 0.3) is 10.9 Å². The first-order valence-corrected chi connectivity index (χ1v) is 12.0. The zero-order valence-electron chi connectivity index (χ0n) is 17.6. The number of aliphatic hydroxyl groups is 1. The minimum atomic E-state index is -1.17. The largest absolute Gasteiger partial charge is 0.393 e. The van der Waals surface area contributed by atoms with E-state index in [4.69, 9.17) is 4.74 Å². The second-order valence-electron chi connectivity index (χ2n) is 8.55. The molecule has 3 N–H and O–H groups in total. The number of aromatic amines is 1. The Morgan fingerprint density at radius 2 is 1.87 bits per heavy atom. The van der Waals surface area contributed by atoms with Gasteiger partial charge in [-0.2, -0.15) is 11.8 Å². The van der Waals surface area contributed by atoms with Crippen LogP contribution in [0.4, 0.5) is 14.5 Å². The summed E-state index contributed by atoms with van der Waals surface area (Å²) in [6.45, 7) is 0. The van der Waals surface area contributed by atoms with Crippen LogP contribution >= 0.6 is 11.8 Å². The standard InChI is InChI=1S/C22H29F2N3O3S/c1-30-14-6-2-12(3-7-14)25-17-10-16-19(21(24)20(17)23)22(29)27-18(26-16)11-31-15-8-4-13(28)5-9-15/h10,12-15,25,28H,2-9,11H2,1H3,(H,26,27,29). The Hall–Kier alpha value is -1.71. The molecule has 6 nitrogen and oxygen atoms in total. The lowest BCUT2D eigenvalue weighted by atomic mass is 9.92. The third-order valence-corrected chi connectivity index (χ3v) is 7.78. The average molecular weight is 454 g/mol. The molecule has 0 spiro atoms. The SMILES string of the molecule is COC1CCC(Nc2cc3nc(CSC4CCC(O)CC4)[nH]c(=O)c3c(F)c2F)CC1. The van der Waals surface area contributed by atoms with Crippen molar-refractivity contribution < 1.29 is 18.6 Å². The Bertz CT molecular complexity index is 971. The summed E-state index contributed by atoms with van der Waals surface area (Å²) in [5.41, 5.74) is -0.461. The summed E-state index contributed by atoms with van der Waals surface area (Å²) in [5, 5.41) is 12.8. The normalized spacial score (nSPS) is 26.8. The lowest BCUT2D eigenvalue weighted by molar-refractivity contribution is 0.0681. The summed E-state index contributed by atoms with van der Waals surface area (Å²) in [6.07, 6.45) is 6.73. The molecule has 2 aliphatic carbocycles. The number of anilines is 1. The van der Waals surface area contributed by atoms with Gasteiger partial charge in [0.2, 0.25) is 0 Å². The predicted molar refractivity (Wildman–Crippen MR) is 119 cm³/mol. The van der Waals surface area contributed by atoms with Gasteiger partial charge in [-0.25, -0.2) is 13.8 Å². The van der Waals surface area contributed by atoms with E-state index < -0.39 is 17.2 Å². The molecule has 0 radical (unpaired) electrons. The molecule has 1 heterocycles. The zero-order valence-corrected chi connectivity index (χ0v) is 18.4. The summed E-state index contributed by atoms with van der Waals surface area (Å²) >= 11 is 1.67. The van der Waals surface area contributed by atoms with E-state index in [2.05, 4.69) is 15.3 Å². The van der Waals surface area contributed by atoms with Crippen LogP contribution < -0.4 is 10.9 Å². The van der Waals surface area contributed by atoms with Crippen LogP contribution in [0.2, 0.25) is 0 Å². The molecule has 1 aromatic carbocycles. The molecular formula is C22H29F2N3O3S. The second kappa shape index (κ2) is 9.83. The van der Waals surface area contributed by atoms with Crippen LogP contribution in [0.3, 0.4) is 0 Å². The van der Waals surface area contributed by atoms with Gasteiger partial charge in [-0.05, 0) is 57.4 Å². The molecule has 9 heteroatoms. The third kappa shape index (κ3) is 5.21. The Morgan fingerprint density at radius 1 is 1.16 bits per heavy atom. The Kier molecular flexibility index (Phi) is 7.13. The number of nitrogens with one attached hydrogen (secondary N) is 2. The van der Waals surface area contributed by atoms with E-state index in [1.54, 1.807) is 18.9 Å². The monoisotopic (exact) mass is 453 g/mol. The number of ether oxygens (including phenoxy) is 1. The van der Waals surface area contributed by atoms with Gasteiger partial charge in [0.25, 0.3) is 5.56 Å². The number of methoxy groups -OCH3 is 1. The first-order valence-electron chi connectivity index (χ1n) is 10.9. The zero-order chi connectivity index (χ0) is 22.0. The van der Waals surface area contributed by atoms with Crippen molar-refractivity contribution in [2.45, 2.75) is 80.6 Å². The predicted octanol–water partition coefficient (Wildman–Crippen LogP) is 4.11. The average Bonchev–Trinajstić information content (AvgIpc) is 2.77. The van der Waals surface area contributed by atoms with Crippen molar-refractivity contribution in [1.29, 1.82) is 0 Å². The van der Waals surface area contributed by atoms with Gasteiger partial charge in [0.1, 0.15) is 11.2 Å². The fourth-order valence-electron chi connectivity index (χ4n) is 4.53. The van der Waals surface area contributed by atoms with Crippen LogP contribution in [0, 0.1) is 11.6 Å². The van der Waals surface area contributed by atoms with E-state index in [1.165, 1.54) is 6.07 Å². The first-order chi connectivity index (χ1) is 14.9. The molecule has 0 atom stereocenters. The maximum absolute atomic E-state index is 14.7. The van der Waals surface area contributed by atoms with Crippen LogP contribution in [0.15, 0.2) is 10.9 Å². The molecule has 4 rings (SSSR count). The number of aromatic nitrogens is 2. The molecule has 2 saturated carbocycles. The number of hydrogen-bond donors (Lipinski definition) is 3. The highest BCUT2D eigenvalue weighted by Gasteiger charge is 2.24. The second-order valence-corrected chi connectivity index (χ2v) is 9.84. The van der Waals surface area contributed by atoms with Crippen molar-refractivity contribution >= 4 is 28.4 Å². The van der Waals surface area contributed by atoms with Crippen molar-refractivity contribution in [3.05, 3.63) is 33.9 Å². The number of thioether (sulfide) groups is 1. The molecule has 2 aromatic rings. The lowest BCUT2D eigenvalue weighted by Gasteiger charge is -2.29. The van der Waals surface area contributed by atoms with E-state index in [-0.39, 0.29) is 34.8 Å². The molecule has 170 valence electrons.